The van der Waals surface area contributed by atoms with Crippen LogP contribution in [0.3, 0.4) is 0 Å². The molecule has 1 unspecified atom stereocenters. The maximum atomic E-state index is 13.7. The zero-order valence-corrected chi connectivity index (χ0v) is 22.4. The summed E-state index contributed by atoms with van der Waals surface area (Å²) in [6, 6.07) is 14.2. The van der Waals surface area contributed by atoms with E-state index in [9.17, 15) is 18.4 Å². The van der Waals surface area contributed by atoms with Gasteiger partial charge in [0.05, 0.1) is 13.5 Å². The van der Waals surface area contributed by atoms with E-state index in [-0.39, 0.29) is 30.4 Å². The molecular weight excluding hydrogens is 520 g/mol. The van der Waals surface area contributed by atoms with Crippen molar-refractivity contribution in [1.82, 2.24) is 5.32 Å². The summed E-state index contributed by atoms with van der Waals surface area (Å²) in [6.07, 6.45) is 3.53. The van der Waals surface area contributed by atoms with Crippen molar-refractivity contribution < 1.29 is 37.3 Å². The summed E-state index contributed by atoms with van der Waals surface area (Å²) in [4.78, 5) is 24.8. The average Bonchev–Trinajstić information content (AvgIpc) is 3.06. The summed E-state index contributed by atoms with van der Waals surface area (Å²) < 4.78 is 47.4. The molecule has 1 aliphatic heterocycles. The molecule has 0 fully saturated rings. The van der Waals surface area contributed by atoms with Gasteiger partial charge in [-0.25, -0.2) is 0 Å². The van der Waals surface area contributed by atoms with E-state index in [2.05, 4.69) is 20.9 Å². The van der Waals surface area contributed by atoms with E-state index in [1.807, 2.05) is 30.3 Å². The first-order valence-corrected chi connectivity index (χ1v) is 13.3. The summed E-state index contributed by atoms with van der Waals surface area (Å²) in [5.74, 6) is -0.759. The van der Waals surface area contributed by atoms with Crippen LogP contribution in [0.15, 0.2) is 60.3 Å². The fourth-order valence-corrected chi connectivity index (χ4v) is 5.19. The van der Waals surface area contributed by atoms with E-state index in [1.165, 1.54) is 19.2 Å². The predicted molar refractivity (Wildman–Crippen MR) is 145 cm³/mol. The Morgan fingerprint density at radius 3 is 2.58 bits per heavy atom. The van der Waals surface area contributed by atoms with Gasteiger partial charge in [-0.15, -0.1) is 8.78 Å². The van der Waals surface area contributed by atoms with Gasteiger partial charge in [0.2, 0.25) is 0 Å². The van der Waals surface area contributed by atoms with Crippen molar-refractivity contribution in [1.29, 1.82) is 0 Å². The number of allylic oxidation sites excluding steroid dienone is 2. The Labute approximate surface area is 231 Å². The van der Waals surface area contributed by atoms with Crippen molar-refractivity contribution in [3.05, 3.63) is 77.0 Å². The lowest BCUT2D eigenvalue weighted by Crippen LogP contribution is -2.28. The molecule has 1 aliphatic carbocycles. The van der Waals surface area contributed by atoms with E-state index in [0.29, 0.717) is 16.9 Å². The number of benzene rings is 3. The van der Waals surface area contributed by atoms with Crippen LogP contribution in [-0.2, 0) is 14.3 Å². The van der Waals surface area contributed by atoms with Crippen LogP contribution in [0.5, 0.6) is 17.2 Å². The lowest BCUT2D eigenvalue weighted by molar-refractivity contribution is -0.286. The van der Waals surface area contributed by atoms with Gasteiger partial charge in [0.1, 0.15) is 5.75 Å². The molecule has 1 atom stereocenters. The zero-order valence-electron chi connectivity index (χ0n) is 22.4. The summed E-state index contributed by atoms with van der Waals surface area (Å²) in [5.41, 5.74) is 3.04. The fraction of sp³-hybridized carbons (Fsp3) is 0.355. The third-order valence-electron chi connectivity index (χ3n) is 7.21. The number of aryl methyl sites for hydroxylation is 1. The molecule has 3 aromatic rings. The summed E-state index contributed by atoms with van der Waals surface area (Å²) in [6.45, 7) is 1.65. The van der Waals surface area contributed by atoms with Crippen molar-refractivity contribution in [3.63, 3.8) is 0 Å². The van der Waals surface area contributed by atoms with Crippen LogP contribution >= 0.6 is 0 Å². The van der Waals surface area contributed by atoms with Gasteiger partial charge < -0.3 is 24.3 Å². The van der Waals surface area contributed by atoms with E-state index >= 15 is 0 Å². The number of carbonyl (C=O) groups excluding carboxylic acids is 2. The lowest BCUT2D eigenvalue weighted by Gasteiger charge is -2.20. The van der Waals surface area contributed by atoms with Crippen LogP contribution in [0.1, 0.15) is 61.1 Å². The standard InChI is InChI=1S/C31H31F2NO6/c1-19-13-27-28(40-31(32,33)39-27)16-25(19)26(17-30(36)37-2)21-10-9-20-11-12-24(15-22(20)14-21)38-18-29(35)34-23-7-5-3-4-6-8-23/h7,9-16,26H,3-6,8,17-18H2,1-2H3,(H,34,35). The van der Waals surface area contributed by atoms with Gasteiger partial charge in [-0.1, -0.05) is 36.8 Å². The van der Waals surface area contributed by atoms with E-state index < -0.39 is 18.2 Å². The Morgan fingerprint density at radius 2 is 1.77 bits per heavy atom. The smallest absolute Gasteiger partial charge is 0.484 e. The minimum absolute atomic E-state index is 0.00883. The van der Waals surface area contributed by atoms with Crippen LogP contribution in [-0.4, -0.2) is 31.9 Å². The van der Waals surface area contributed by atoms with Crippen molar-refractivity contribution in [3.8, 4) is 17.2 Å². The number of esters is 1. The normalized spacial score (nSPS) is 16.6. The third kappa shape index (κ3) is 6.35. The Hall–Kier alpha value is -4.14. The quantitative estimate of drug-likeness (QED) is 0.322. The molecule has 3 aromatic carbocycles. The van der Waals surface area contributed by atoms with Gasteiger partial charge in [0.25, 0.3) is 5.91 Å². The SMILES string of the molecule is COC(=O)CC(c1ccc2ccc(OCC(=O)NC3=CCCCCC3)cc2c1)c1cc2c(cc1C)OC(F)(F)O2. The third-order valence-corrected chi connectivity index (χ3v) is 7.21. The Morgan fingerprint density at radius 1 is 1.00 bits per heavy atom. The summed E-state index contributed by atoms with van der Waals surface area (Å²) in [7, 11) is 1.30. The number of carbonyl (C=O) groups is 2. The second-order valence-corrected chi connectivity index (χ2v) is 10.1. The van der Waals surface area contributed by atoms with E-state index in [0.717, 1.165) is 54.1 Å². The molecule has 1 N–H and O–H groups in total. The molecule has 0 radical (unpaired) electrons. The molecule has 9 heteroatoms. The number of alkyl halides is 2. The molecule has 0 saturated heterocycles. The highest BCUT2D eigenvalue weighted by Gasteiger charge is 2.44. The minimum Gasteiger partial charge on any atom is -0.484 e. The number of halogens is 2. The van der Waals surface area contributed by atoms with Gasteiger partial charge in [-0.05, 0) is 84.3 Å². The molecule has 210 valence electrons. The van der Waals surface area contributed by atoms with Crippen molar-refractivity contribution in [2.24, 2.45) is 0 Å². The first kappa shape index (κ1) is 27.4. The second kappa shape index (κ2) is 11.5. The van der Waals surface area contributed by atoms with Gasteiger partial charge in [-0.3, -0.25) is 9.59 Å². The Bertz CT molecular complexity index is 1470. The van der Waals surface area contributed by atoms with Crippen LogP contribution in [0, 0.1) is 6.92 Å². The molecule has 5 rings (SSSR count). The molecule has 1 amide bonds. The Balaban J connectivity index is 1.38. The van der Waals surface area contributed by atoms with Crippen LogP contribution in [0.2, 0.25) is 0 Å². The van der Waals surface area contributed by atoms with Crippen LogP contribution in [0.4, 0.5) is 8.78 Å². The topological polar surface area (TPSA) is 83.1 Å². The number of methoxy groups -OCH3 is 1. The summed E-state index contributed by atoms with van der Waals surface area (Å²) in [5, 5.41) is 4.72. The van der Waals surface area contributed by atoms with Crippen molar-refractivity contribution in [2.75, 3.05) is 13.7 Å². The second-order valence-electron chi connectivity index (χ2n) is 10.1. The zero-order chi connectivity index (χ0) is 28.3. The highest BCUT2D eigenvalue weighted by Crippen LogP contribution is 2.45. The molecule has 0 saturated carbocycles. The average molecular weight is 552 g/mol. The number of hydrogen-bond donors (Lipinski definition) is 1. The molecule has 2 aliphatic rings. The Kier molecular flexibility index (Phi) is 7.91. The van der Waals surface area contributed by atoms with Crippen molar-refractivity contribution >= 4 is 22.6 Å². The fourth-order valence-electron chi connectivity index (χ4n) is 5.19. The van der Waals surface area contributed by atoms with Crippen molar-refractivity contribution in [2.45, 2.75) is 57.7 Å². The number of ether oxygens (including phenoxy) is 4. The first-order valence-electron chi connectivity index (χ1n) is 13.3. The maximum Gasteiger partial charge on any atom is 0.586 e. The van der Waals surface area contributed by atoms with Crippen LogP contribution < -0.4 is 19.5 Å². The highest BCUT2D eigenvalue weighted by atomic mass is 19.3. The molecule has 40 heavy (non-hydrogen) atoms. The summed E-state index contributed by atoms with van der Waals surface area (Å²) >= 11 is 0. The van der Waals surface area contributed by atoms with E-state index in [1.54, 1.807) is 13.0 Å². The number of nitrogens with one attached hydrogen (secondary N) is 1. The van der Waals surface area contributed by atoms with Gasteiger partial charge in [0.15, 0.2) is 18.1 Å². The number of rotatable bonds is 8. The predicted octanol–water partition coefficient (Wildman–Crippen LogP) is 6.51. The molecular formula is C31H31F2NO6. The maximum absolute atomic E-state index is 13.7. The molecule has 0 aromatic heterocycles. The van der Waals surface area contributed by atoms with Gasteiger partial charge in [0, 0.05) is 11.6 Å². The van der Waals surface area contributed by atoms with Gasteiger partial charge >= 0.3 is 12.3 Å². The first-order chi connectivity index (χ1) is 19.2. The highest BCUT2D eigenvalue weighted by molar-refractivity contribution is 5.85. The van der Waals surface area contributed by atoms with Crippen LogP contribution in [0.25, 0.3) is 10.8 Å². The minimum atomic E-state index is -3.74. The molecule has 0 spiro atoms. The number of fused-ring (bicyclic) bond motifs is 2. The largest absolute Gasteiger partial charge is 0.586 e. The van der Waals surface area contributed by atoms with E-state index in [4.69, 9.17) is 9.47 Å². The number of amides is 1. The lowest BCUT2D eigenvalue weighted by atomic mass is 9.85. The molecule has 7 nitrogen and oxygen atoms in total. The number of hydrogen-bond acceptors (Lipinski definition) is 6. The molecule has 0 bridgehead atoms. The van der Waals surface area contributed by atoms with Gasteiger partial charge in [-0.2, -0.15) is 0 Å². The molecule has 1 heterocycles. The monoisotopic (exact) mass is 551 g/mol.